The van der Waals surface area contributed by atoms with Crippen LogP contribution in [0.5, 0.6) is 0 Å². The Morgan fingerprint density at radius 1 is 0.968 bits per heavy atom. The molecule has 3 rings (SSSR count). The summed E-state index contributed by atoms with van der Waals surface area (Å²) >= 11 is 0. The molecule has 8 heteroatoms. The molecule has 2 saturated heterocycles. The average molecular weight is 450 g/mol. The van der Waals surface area contributed by atoms with Crippen LogP contribution in [0, 0.1) is 12.8 Å². The number of likely N-dealkylation sites (tertiary alicyclic amines) is 2. The maximum atomic E-state index is 13.2. The number of benzene rings is 1. The molecule has 172 valence electrons. The predicted octanol–water partition coefficient (Wildman–Crippen LogP) is 2.89. The van der Waals surface area contributed by atoms with E-state index in [1.165, 1.54) is 16.8 Å². The molecule has 0 aromatic heterocycles. The smallest absolute Gasteiger partial charge is 0.254 e. The molecule has 0 radical (unpaired) electrons. The van der Waals surface area contributed by atoms with Crippen LogP contribution in [0.3, 0.4) is 0 Å². The molecule has 2 fully saturated rings. The van der Waals surface area contributed by atoms with Gasteiger partial charge in [0.15, 0.2) is 0 Å². The van der Waals surface area contributed by atoms with E-state index in [-0.39, 0.29) is 22.6 Å². The highest BCUT2D eigenvalue weighted by molar-refractivity contribution is 7.89. The zero-order valence-electron chi connectivity index (χ0n) is 19.0. The van der Waals surface area contributed by atoms with Crippen molar-refractivity contribution >= 4 is 21.8 Å². The zero-order chi connectivity index (χ0) is 22.6. The van der Waals surface area contributed by atoms with Crippen LogP contribution in [-0.4, -0.2) is 73.6 Å². The first kappa shape index (κ1) is 23.7. The van der Waals surface area contributed by atoms with Gasteiger partial charge in [-0.1, -0.05) is 19.9 Å². The van der Waals surface area contributed by atoms with Crippen LogP contribution in [-0.2, 0) is 14.8 Å². The lowest BCUT2D eigenvalue weighted by Gasteiger charge is -2.35. The number of aryl methyl sites for hydroxylation is 1. The standard InChI is InChI=1S/C23H35N3O4S/c1-4-26(5-2)31(29,30)20-10-9-18(3)21(17-20)23(28)25-15-11-19(12-16-25)22(27)24-13-7-6-8-14-24/h9-10,17,19H,4-8,11-16H2,1-3H3. The Hall–Kier alpha value is -1.93. The summed E-state index contributed by atoms with van der Waals surface area (Å²) in [7, 11) is -3.62. The van der Waals surface area contributed by atoms with E-state index in [0.717, 1.165) is 31.5 Å². The molecule has 0 N–H and O–H groups in total. The molecule has 0 unspecified atom stereocenters. The molecule has 2 amide bonds. The number of sulfonamides is 1. The second kappa shape index (κ2) is 10.1. The number of nitrogens with zero attached hydrogens (tertiary/aromatic N) is 3. The van der Waals surface area contributed by atoms with Gasteiger partial charge in [0.05, 0.1) is 4.90 Å². The van der Waals surface area contributed by atoms with Crippen molar-refractivity contribution in [1.82, 2.24) is 14.1 Å². The predicted molar refractivity (Wildman–Crippen MR) is 120 cm³/mol. The fraction of sp³-hybridized carbons (Fsp3) is 0.652. The molecule has 31 heavy (non-hydrogen) atoms. The van der Waals surface area contributed by atoms with Gasteiger partial charge in [0.25, 0.3) is 5.91 Å². The Bertz CT molecular complexity index is 897. The Kier molecular flexibility index (Phi) is 7.75. The van der Waals surface area contributed by atoms with Gasteiger partial charge in [-0.2, -0.15) is 4.31 Å². The number of amides is 2. The summed E-state index contributed by atoms with van der Waals surface area (Å²) in [6.07, 6.45) is 4.68. The van der Waals surface area contributed by atoms with Crippen LogP contribution in [0.2, 0.25) is 0 Å². The van der Waals surface area contributed by atoms with Gasteiger partial charge >= 0.3 is 0 Å². The number of hydrogen-bond donors (Lipinski definition) is 0. The molecular weight excluding hydrogens is 414 g/mol. The first-order chi connectivity index (χ1) is 14.8. The van der Waals surface area contributed by atoms with Gasteiger partial charge in [0, 0.05) is 50.7 Å². The molecule has 0 atom stereocenters. The van der Waals surface area contributed by atoms with Gasteiger partial charge in [0.2, 0.25) is 15.9 Å². The van der Waals surface area contributed by atoms with E-state index in [4.69, 9.17) is 0 Å². The van der Waals surface area contributed by atoms with Gasteiger partial charge < -0.3 is 9.80 Å². The van der Waals surface area contributed by atoms with Crippen molar-refractivity contribution in [2.24, 2.45) is 5.92 Å². The SMILES string of the molecule is CCN(CC)S(=O)(=O)c1ccc(C)c(C(=O)N2CCC(C(=O)N3CCCCC3)CC2)c1. The van der Waals surface area contributed by atoms with E-state index in [9.17, 15) is 18.0 Å². The molecule has 0 aliphatic carbocycles. The Morgan fingerprint density at radius 2 is 1.58 bits per heavy atom. The molecule has 1 aromatic rings. The van der Waals surface area contributed by atoms with Crippen molar-refractivity contribution in [1.29, 1.82) is 0 Å². The van der Waals surface area contributed by atoms with E-state index in [0.29, 0.717) is 44.6 Å². The lowest BCUT2D eigenvalue weighted by molar-refractivity contribution is -0.137. The summed E-state index contributed by atoms with van der Waals surface area (Å²) in [5, 5.41) is 0. The van der Waals surface area contributed by atoms with Gasteiger partial charge in [-0.05, 0) is 56.7 Å². The van der Waals surface area contributed by atoms with E-state index in [2.05, 4.69) is 0 Å². The number of piperidine rings is 2. The molecule has 0 saturated carbocycles. The summed E-state index contributed by atoms with van der Waals surface area (Å²) < 4.78 is 27.2. The zero-order valence-corrected chi connectivity index (χ0v) is 19.8. The van der Waals surface area contributed by atoms with Crippen LogP contribution in [0.1, 0.15) is 61.9 Å². The Morgan fingerprint density at radius 3 is 2.16 bits per heavy atom. The maximum Gasteiger partial charge on any atom is 0.254 e. The highest BCUT2D eigenvalue weighted by Crippen LogP contribution is 2.25. The minimum atomic E-state index is -3.62. The highest BCUT2D eigenvalue weighted by atomic mass is 32.2. The number of hydrogen-bond acceptors (Lipinski definition) is 4. The lowest BCUT2D eigenvalue weighted by atomic mass is 9.93. The molecule has 0 bridgehead atoms. The van der Waals surface area contributed by atoms with Gasteiger partial charge in [-0.25, -0.2) is 8.42 Å². The fourth-order valence-electron chi connectivity index (χ4n) is 4.58. The van der Waals surface area contributed by atoms with Crippen LogP contribution in [0.4, 0.5) is 0 Å². The highest BCUT2D eigenvalue weighted by Gasteiger charge is 2.32. The monoisotopic (exact) mass is 449 g/mol. The molecular formula is C23H35N3O4S. The molecule has 1 aromatic carbocycles. The second-order valence-corrected chi connectivity index (χ2v) is 10.5. The van der Waals surface area contributed by atoms with Crippen LogP contribution >= 0.6 is 0 Å². The summed E-state index contributed by atoms with van der Waals surface area (Å²) in [5.74, 6) is 0.0610. The van der Waals surface area contributed by atoms with Crippen molar-refractivity contribution in [2.45, 2.75) is 57.8 Å². The van der Waals surface area contributed by atoms with E-state index in [1.54, 1.807) is 30.9 Å². The Labute approximate surface area is 186 Å². The molecule has 0 spiro atoms. The summed E-state index contributed by atoms with van der Waals surface area (Å²) in [6, 6.07) is 4.79. The second-order valence-electron chi connectivity index (χ2n) is 8.52. The van der Waals surface area contributed by atoms with Gasteiger partial charge in [0.1, 0.15) is 0 Å². The lowest BCUT2D eigenvalue weighted by Crippen LogP contribution is -2.45. The summed E-state index contributed by atoms with van der Waals surface area (Å²) in [6.45, 7) is 8.95. The average Bonchev–Trinajstić information content (AvgIpc) is 2.79. The van der Waals surface area contributed by atoms with E-state index < -0.39 is 10.0 Å². The topological polar surface area (TPSA) is 78.0 Å². The summed E-state index contributed by atoms with van der Waals surface area (Å²) in [5.41, 5.74) is 1.18. The molecule has 2 aliphatic rings. The first-order valence-corrected chi connectivity index (χ1v) is 12.9. The number of carbonyl (C=O) groups excluding carboxylic acids is 2. The maximum absolute atomic E-state index is 13.2. The normalized spacial score (nSPS) is 18.5. The largest absolute Gasteiger partial charge is 0.342 e. The van der Waals surface area contributed by atoms with Crippen molar-refractivity contribution in [3.63, 3.8) is 0 Å². The quantitative estimate of drug-likeness (QED) is 0.669. The van der Waals surface area contributed by atoms with Crippen molar-refractivity contribution in [2.75, 3.05) is 39.3 Å². The number of rotatable bonds is 6. The van der Waals surface area contributed by atoms with Crippen LogP contribution in [0.25, 0.3) is 0 Å². The third-order valence-electron chi connectivity index (χ3n) is 6.58. The van der Waals surface area contributed by atoms with Crippen molar-refractivity contribution < 1.29 is 18.0 Å². The third kappa shape index (κ3) is 5.12. The van der Waals surface area contributed by atoms with Crippen LogP contribution < -0.4 is 0 Å². The van der Waals surface area contributed by atoms with Crippen LogP contribution in [0.15, 0.2) is 23.1 Å². The first-order valence-electron chi connectivity index (χ1n) is 11.5. The van der Waals surface area contributed by atoms with E-state index >= 15 is 0 Å². The van der Waals surface area contributed by atoms with Crippen molar-refractivity contribution in [3.8, 4) is 0 Å². The van der Waals surface area contributed by atoms with E-state index in [1.807, 2.05) is 11.8 Å². The minimum Gasteiger partial charge on any atom is -0.342 e. The third-order valence-corrected chi connectivity index (χ3v) is 8.63. The molecule has 7 nitrogen and oxygen atoms in total. The Balaban J connectivity index is 1.70. The molecule has 2 aliphatic heterocycles. The van der Waals surface area contributed by atoms with Gasteiger partial charge in [-0.15, -0.1) is 0 Å². The molecule has 2 heterocycles. The number of carbonyl (C=O) groups is 2. The minimum absolute atomic E-state index is 0.0161. The van der Waals surface area contributed by atoms with Crippen molar-refractivity contribution in [3.05, 3.63) is 29.3 Å². The fourth-order valence-corrected chi connectivity index (χ4v) is 6.06. The summed E-state index contributed by atoms with van der Waals surface area (Å²) in [4.78, 5) is 29.9. The van der Waals surface area contributed by atoms with Gasteiger partial charge in [-0.3, -0.25) is 9.59 Å².